The van der Waals surface area contributed by atoms with E-state index < -0.39 is 0 Å². The fourth-order valence-corrected chi connectivity index (χ4v) is 4.63. The van der Waals surface area contributed by atoms with Crippen LogP contribution in [-0.2, 0) is 14.9 Å². The highest BCUT2D eigenvalue weighted by atomic mass is 32.1. The molecule has 0 aliphatic heterocycles. The van der Waals surface area contributed by atoms with E-state index in [4.69, 9.17) is 9.47 Å². The minimum atomic E-state index is -0.360. The molecular weight excluding hydrogens is 334 g/mol. The summed E-state index contributed by atoms with van der Waals surface area (Å²) in [7, 11) is 3.31. The summed E-state index contributed by atoms with van der Waals surface area (Å²) in [6, 6.07) is 11.9. The van der Waals surface area contributed by atoms with E-state index in [1.54, 1.807) is 25.6 Å². The zero-order chi connectivity index (χ0) is 17.7. The standard InChI is InChI=1S/C20H25NO3S/c1-23-16-8-5-7-15(13-16)17(24-2)14-21-19(22)20(10-3-4-11-20)18-9-6-12-25-18/h5-9,12-13,17H,3-4,10-11,14H2,1-2H3,(H,21,22). The Bertz CT molecular complexity index is 693. The van der Waals surface area contributed by atoms with Crippen LogP contribution in [0, 0.1) is 0 Å². The molecule has 1 heterocycles. The van der Waals surface area contributed by atoms with Crippen LogP contribution in [0.3, 0.4) is 0 Å². The van der Waals surface area contributed by atoms with E-state index in [0.717, 1.165) is 37.0 Å². The smallest absolute Gasteiger partial charge is 0.231 e. The zero-order valence-corrected chi connectivity index (χ0v) is 15.6. The van der Waals surface area contributed by atoms with Gasteiger partial charge in [0, 0.05) is 18.5 Å². The molecule has 134 valence electrons. The summed E-state index contributed by atoms with van der Waals surface area (Å²) < 4.78 is 10.9. The first-order valence-electron chi connectivity index (χ1n) is 8.68. The Labute approximate surface area is 153 Å². The summed E-state index contributed by atoms with van der Waals surface area (Å²) >= 11 is 1.68. The quantitative estimate of drug-likeness (QED) is 0.810. The summed E-state index contributed by atoms with van der Waals surface area (Å²) in [5, 5.41) is 5.20. The van der Waals surface area contributed by atoms with E-state index in [9.17, 15) is 4.79 Å². The maximum atomic E-state index is 13.1. The molecule has 3 rings (SSSR count). The largest absolute Gasteiger partial charge is 0.497 e. The van der Waals surface area contributed by atoms with Crippen LogP contribution < -0.4 is 10.1 Å². The van der Waals surface area contributed by atoms with Crippen molar-refractivity contribution in [2.24, 2.45) is 0 Å². The van der Waals surface area contributed by atoms with Crippen LogP contribution in [0.1, 0.15) is 42.2 Å². The first kappa shape index (κ1) is 18.0. The van der Waals surface area contributed by atoms with Crippen molar-refractivity contribution in [2.75, 3.05) is 20.8 Å². The Morgan fingerprint density at radius 1 is 1.24 bits per heavy atom. The van der Waals surface area contributed by atoms with Gasteiger partial charge in [-0.1, -0.05) is 31.0 Å². The highest BCUT2D eigenvalue weighted by Crippen LogP contribution is 2.43. The van der Waals surface area contributed by atoms with Gasteiger partial charge in [0.25, 0.3) is 0 Å². The van der Waals surface area contributed by atoms with Gasteiger partial charge in [0.15, 0.2) is 0 Å². The molecule has 1 aliphatic rings. The summed E-state index contributed by atoms with van der Waals surface area (Å²) in [5.41, 5.74) is 0.639. The molecule has 1 saturated carbocycles. The van der Waals surface area contributed by atoms with Crippen molar-refractivity contribution in [3.05, 3.63) is 52.2 Å². The second-order valence-electron chi connectivity index (χ2n) is 6.48. The SMILES string of the molecule is COc1cccc(C(CNC(=O)C2(c3cccs3)CCCC2)OC)c1. The van der Waals surface area contributed by atoms with Gasteiger partial charge in [0.05, 0.1) is 18.6 Å². The van der Waals surface area contributed by atoms with Gasteiger partial charge in [-0.25, -0.2) is 0 Å². The fourth-order valence-electron chi connectivity index (χ4n) is 3.65. The molecule has 4 nitrogen and oxygen atoms in total. The van der Waals surface area contributed by atoms with Gasteiger partial charge >= 0.3 is 0 Å². The number of methoxy groups -OCH3 is 2. The van der Waals surface area contributed by atoms with E-state index in [-0.39, 0.29) is 17.4 Å². The summed E-state index contributed by atoms with van der Waals surface area (Å²) in [4.78, 5) is 14.2. The van der Waals surface area contributed by atoms with E-state index in [1.165, 1.54) is 4.88 Å². The predicted octanol–water partition coefficient (Wildman–Crippen LogP) is 4.07. The van der Waals surface area contributed by atoms with Gasteiger partial charge < -0.3 is 14.8 Å². The maximum absolute atomic E-state index is 13.1. The third kappa shape index (κ3) is 3.72. The minimum absolute atomic E-state index is 0.123. The van der Waals surface area contributed by atoms with Crippen molar-refractivity contribution in [1.82, 2.24) is 5.32 Å². The first-order valence-corrected chi connectivity index (χ1v) is 9.56. The Balaban J connectivity index is 1.71. The lowest BCUT2D eigenvalue weighted by Gasteiger charge is -2.28. The Morgan fingerprint density at radius 2 is 2.04 bits per heavy atom. The average Bonchev–Trinajstić information content (AvgIpc) is 3.34. The number of benzene rings is 1. The predicted molar refractivity (Wildman–Crippen MR) is 100 cm³/mol. The molecule has 1 aromatic carbocycles. The van der Waals surface area contributed by atoms with Gasteiger partial charge in [-0.2, -0.15) is 0 Å². The molecule has 0 radical (unpaired) electrons. The van der Waals surface area contributed by atoms with Crippen molar-refractivity contribution in [1.29, 1.82) is 0 Å². The molecule has 1 fully saturated rings. The van der Waals surface area contributed by atoms with Crippen LogP contribution in [0.2, 0.25) is 0 Å². The molecule has 1 unspecified atom stereocenters. The Morgan fingerprint density at radius 3 is 2.68 bits per heavy atom. The fraction of sp³-hybridized carbons (Fsp3) is 0.450. The zero-order valence-electron chi connectivity index (χ0n) is 14.8. The van der Waals surface area contributed by atoms with Crippen molar-refractivity contribution in [2.45, 2.75) is 37.2 Å². The molecule has 0 spiro atoms. The first-order chi connectivity index (χ1) is 12.2. The minimum Gasteiger partial charge on any atom is -0.497 e. The number of nitrogens with one attached hydrogen (secondary N) is 1. The topological polar surface area (TPSA) is 47.6 Å². The molecule has 0 bridgehead atoms. The highest BCUT2D eigenvalue weighted by molar-refractivity contribution is 7.10. The summed E-state index contributed by atoms with van der Waals surface area (Å²) in [6.45, 7) is 0.454. The lowest BCUT2D eigenvalue weighted by Crippen LogP contribution is -2.43. The van der Waals surface area contributed by atoms with Crippen molar-refractivity contribution in [3.63, 3.8) is 0 Å². The van der Waals surface area contributed by atoms with Crippen molar-refractivity contribution < 1.29 is 14.3 Å². The summed E-state index contributed by atoms with van der Waals surface area (Å²) in [5.74, 6) is 0.911. The molecular formula is C20H25NO3S. The number of rotatable bonds is 7. The third-order valence-electron chi connectivity index (χ3n) is 5.08. The van der Waals surface area contributed by atoms with Crippen LogP contribution in [0.4, 0.5) is 0 Å². The van der Waals surface area contributed by atoms with Gasteiger partial charge in [-0.15, -0.1) is 11.3 Å². The molecule has 1 aromatic heterocycles. The molecule has 0 saturated heterocycles. The molecule has 1 amide bonds. The number of amides is 1. The van der Waals surface area contributed by atoms with Gasteiger partial charge in [0.2, 0.25) is 5.91 Å². The number of carbonyl (C=O) groups excluding carboxylic acids is 1. The second kappa shape index (κ2) is 8.02. The molecule has 2 aromatic rings. The number of ether oxygens (including phenoxy) is 2. The van der Waals surface area contributed by atoms with Crippen LogP contribution in [-0.4, -0.2) is 26.7 Å². The van der Waals surface area contributed by atoms with Crippen LogP contribution >= 0.6 is 11.3 Å². The number of hydrogen-bond acceptors (Lipinski definition) is 4. The number of thiophene rings is 1. The normalized spacial score (nSPS) is 17.2. The highest BCUT2D eigenvalue weighted by Gasteiger charge is 2.43. The molecule has 25 heavy (non-hydrogen) atoms. The Hall–Kier alpha value is -1.85. The maximum Gasteiger partial charge on any atom is 0.231 e. The number of hydrogen-bond donors (Lipinski definition) is 1. The van der Waals surface area contributed by atoms with Gasteiger partial charge in [0.1, 0.15) is 5.75 Å². The monoisotopic (exact) mass is 359 g/mol. The summed E-state index contributed by atoms with van der Waals surface area (Å²) in [6.07, 6.45) is 3.87. The van der Waals surface area contributed by atoms with Crippen LogP contribution in [0.25, 0.3) is 0 Å². The van der Waals surface area contributed by atoms with E-state index in [1.807, 2.05) is 30.3 Å². The van der Waals surface area contributed by atoms with Gasteiger partial charge in [-0.05, 0) is 42.0 Å². The number of carbonyl (C=O) groups is 1. The van der Waals surface area contributed by atoms with E-state index >= 15 is 0 Å². The average molecular weight is 359 g/mol. The lowest BCUT2D eigenvalue weighted by molar-refractivity contribution is -0.127. The van der Waals surface area contributed by atoms with Gasteiger partial charge in [-0.3, -0.25) is 4.79 Å². The molecule has 1 atom stereocenters. The van der Waals surface area contributed by atoms with Crippen molar-refractivity contribution >= 4 is 17.2 Å². The Kier molecular flexibility index (Phi) is 5.76. The second-order valence-corrected chi connectivity index (χ2v) is 7.43. The van der Waals surface area contributed by atoms with Crippen LogP contribution in [0.15, 0.2) is 41.8 Å². The van der Waals surface area contributed by atoms with E-state index in [0.29, 0.717) is 6.54 Å². The molecule has 1 N–H and O–H groups in total. The third-order valence-corrected chi connectivity index (χ3v) is 6.16. The van der Waals surface area contributed by atoms with Crippen molar-refractivity contribution in [3.8, 4) is 5.75 Å². The van der Waals surface area contributed by atoms with E-state index in [2.05, 4.69) is 16.8 Å². The lowest BCUT2D eigenvalue weighted by atomic mass is 9.83. The van der Waals surface area contributed by atoms with Crippen LogP contribution in [0.5, 0.6) is 5.75 Å². The molecule has 5 heteroatoms. The molecule has 1 aliphatic carbocycles.